The topological polar surface area (TPSA) is 56.1 Å². The normalized spacial score (nSPS) is 10.7. The van der Waals surface area contributed by atoms with Crippen molar-refractivity contribution in [2.45, 2.75) is 6.92 Å². The van der Waals surface area contributed by atoms with E-state index in [0.717, 1.165) is 28.0 Å². The number of carbonyl (C=O) groups is 1. The Morgan fingerprint density at radius 2 is 1.89 bits per heavy atom. The summed E-state index contributed by atoms with van der Waals surface area (Å²) in [5, 5.41) is 2.94. The van der Waals surface area contributed by atoms with Gasteiger partial charge in [-0.05, 0) is 49.4 Å². The standard InChI is InChI=1S/C22H19N3O2/c1-15-6-5-7-16(12-15)22(26)24-17-10-11-19-18(13-17)23-14-25(19)20-8-3-4-9-21(20)27-2/h3-14H,1-2H3,(H,24,26). The maximum Gasteiger partial charge on any atom is 0.255 e. The monoisotopic (exact) mass is 357 g/mol. The van der Waals surface area contributed by atoms with Crippen LogP contribution in [0.25, 0.3) is 16.7 Å². The molecule has 0 spiro atoms. The molecule has 0 saturated heterocycles. The Morgan fingerprint density at radius 1 is 1.04 bits per heavy atom. The summed E-state index contributed by atoms with van der Waals surface area (Å²) >= 11 is 0. The Bertz CT molecular complexity index is 1130. The number of hydrogen-bond donors (Lipinski definition) is 1. The van der Waals surface area contributed by atoms with E-state index in [4.69, 9.17) is 4.74 Å². The minimum Gasteiger partial charge on any atom is -0.495 e. The van der Waals surface area contributed by atoms with Crippen molar-refractivity contribution >= 4 is 22.6 Å². The van der Waals surface area contributed by atoms with Gasteiger partial charge in [-0.3, -0.25) is 9.36 Å². The van der Waals surface area contributed by atoms with Gasteiger partial charge in [0.05, 0.1) is 23.8 Å². The van der Waals surface area contributed by atoms with E-state index in [1.165, 1.54) is 0 Å². The van der Waals surface area contributed by atoms with Gasteiger partial charge in [-0.25, -0.2) is 4.98 Å². The lowest BCUT2D eigenvalue weighted by molar-refractivity contribution is 0.102. The van der Waals surface area contributed by atoms with Gasteiger partial charge in [0.25, 0.3) is 5.91 Å². The number of aryl methyl sites for hydroxylation is 1. The molecule has 0 aliphatic rings. The number of aromatic nitrogens is 2. The van der Waals surface area contributed by atoms with Gasteiger partial charge < -0.3 is 10.1 Å². The zero-order chi connectivity index (χ0) is 18.8. The van der Waals surface area contributed by atoms with E-state index >= 15 is 0 Å². The Morgan fingerprint density at radius 3 is 2.70 bits per heavy atom. The van der Waals surface area contributed by atoms with Gasteiger partial charge in [-0.15, -0.1) is 0 Å². The molecule has 27 heavy (non-hydrogen) atoms. The summed E-state index contributed by atoms with van der Waals surface area (Å²) < 4.78 is 7.42. The maximum atomic E-state index is 12.5. The quantitative estimate of drug-likeness (QED) is 0.581. The molecule has 4 aromatic rings. The van der Waals surface area contributed by atoms with Gasteiger partial charge in [0.15, 0.2) is 0 Å². The van der Waals surface area contributed by atoms with Crippen LogP contribution < -0.4 is 10.1 Å². The number of imidazole rings is 1. The molecule has 0 saturated carbocycles. The minimum absolute atomic E-state index is 0.137. The number of nitrogens with one attached hydrogen (secondary N) is 1. The number of ether oxygens (including phenoxy) is 1. The fourth-order valence-electron chi connectivity index (χ4n) is 3.10. The maximum absolute atomic E-state index is 12.5. The third-order valence-electron chi connectivity index (χ3n) is 4.43. The van der Waals surface area contributed by atoms with Gasteiger partial charge >= 0.3 is 0 Å². The second-order valence-electron chi connectivity index (χ2n) is 6.31. The fourth-order valence-corrected chi connectivity index (χ4v) is 3.10. The van der Waals surface area contributed by atoms with E-state index in [2.05, 4.69) is 10.3 Å². The van der Waals surface area contributed by atoms with Crippen molar-refractivity contribution in [3.05, 3.63) is 84.2 Å². The molecular formula is C22H19N3O2. The van der Waals surface area contributed by atoms with Crippen LogP contribution in [0, 0.1) is 6.92 Å². The highest BCUT2D eigenvalue weighted by molar-refractivity contribution is 6.05. The van der Waals surface area contributed by atoms with Crippen molar-refractivity contribution in [1.29, 1.82) is 0 Å². The summed E-state index contributed by atoms with van der Waals surface area (Å²) in [6, 6.07) is 21.0. The molecular weight excluding hydrogens is 338 g/mol. The van der Waals surface area contributed by atoms with Crippen molar-refractivity contribution in [2.24, 2.45) is 0 Å². The van der Waals surface area contributed by atoms with Crippen LogP contribution in [-0.2, 0) is 0 Å². The van der Waals surface area contributed by atoms with Crippen LogP contribution in [-0.4, -0.2) is 22.6 Å². The Kier molecular flexibility index (Phi) is 4.34. The van der Waals surface area contributed by atoms with Crippen molar-refractivity contribution in [2.75, 3.05) is 12.4 Å². The Balaban J connectivity index is 1.65. The van der Waals surface area contributed by atoms with Gasteiger partial charge in [0.1, 0.15) is 12.1 Å². The number of carbonyl (C=O) groups excluding carboxylic acids is 1. The highest BCUT2D eigenvalue weighted by atomic mass is 16.5. The fraction of sp³-hybridized carbons (Fsp3) is 0.0909. The summed E-state index contributed by atoms with van der Waals surface area (Å²) in [6.45, 7) is 1.97. The Labute approximate surface area is 157 Å². The molecule has 0 bridgehead atoms. The zero-order valence-corrected chi connectivity index (χ0v) is 15.1. The van der Waals surface area contributed by atoms with Crippen molar-refractivity contribution in [3.63, 3.8) is 0 Å². The molecule has 3 aromatic carbocycles. The summed E-state index contributed by atoms with van der Waals surface area (Å²) in [6.07, 6.45) is 1.76. The van der Waals surface area contributed by atoms with E-state index in [-0.39, 0.29) is 5.91 Å². The van der Waals surface area contributed by atoms with Crippen LogP contribution in [0.1, 0.15) is 15.9 Å². The first-order valence-corrected chi connectivity index (χ1v) is 8.64. The molecule has 0 aliphatic carbocycles. The lowest BCUT2D eigenvalue weighted by Gasteiger charge is -2.10. The summed E-state index contributed by atoms with van der Waals surface area (Å²) in [7, 11) is 1.65. The highest BCUT2D eigenvalue weighted by Crippen LogP contribution is 2.27. The van der Waals surface area contributed by atoms with Crippen LogP contribution in [0.15, 0.2) is 73.1 Å². The number of rotatable bonds is 4. The lowest BCUT2D eigenvalue weighted by Crippen LogP contribution is -2.11. The number of methoxy groups -OCH3 is 1. The largest absolute Gasteiger partial charge is 0.495 e. The minimum atomic E-state index is -0.137. The molecule has 134 valence electrons. The SMILES string of the molecule is COc1ccccc1-n1cnc2cc(NC(=O)c3cccc(C)c3)ccc21. The second kappa shape index (κ2) is 6.96. The molecule has 0 radical (unpaired) electrons. The Hall–Kier alpha value is -3.60. The van der Waals surface area contributed by atoms with Crippen molar-refractivity contribution in [3.8, 4) is 11.4 Å². The van der Waals surface area contributed by atoms with Gasteiger partial charge in [-0.1, -0.05) is 29.8 Å². The number of para-hydroxylation sites is 2. The van der Waals surface area contributed by atoms with Crippen molar-refractivity contribution in [1.82, 2.24) is 9.55 Å². The van der Waals surface area contributed by atoms with Crippen LogP contribution in [0.2, 0.25) is 0 Å². The number of benzene rings is 3. The third kappa shape index (κ3) is 3.27. The van der Waals surface area contributed by atoms with E-state index in [9.17, 15) is 4.79 Å². The first kappa shape index (κ1) is 16.8. The molecule has 1 amide bonds. The van der Waals surface area contributed by atoms with Crippen LogP contribution in [0.4, 0.5) is 5.69 Å². The van der Waals surface area contributed by atoms with Crippen LogP contribution in [0.3, 0.4) is 0 Å². The van der Waals surface area contributed by atoms with E-state index in [1.807, 2.05) is 72.2 Å². The number of fused-ring (bicyclic) bond motifs is 1. The van der Waals surface area contributed by atoms with Gasteiger partial charge in [0.2, 0.25) is 0 Å². The zero-order valence-electron chi connectivity index (χ0n) is 15.1. The molecule has 5 heteroatoms. The number of amides is 1. The lowest BCUT2D eigenvalue weighted by atomic mass is 10.1. The van der Waals surface area contributed by atoms with E-state index in [1.54, 1.807) is 19.5 Å². The third-order valence-corrected chi connectivity index (χ3v) is 4.43. The number of anilines is 1. The molecule has 5 nitrogen and oxygen atoms in total. The average molecular weight is 357 g/mol. The predicted molar refractivity (Wildman–Crippen MR) is 107 cm³/mol. The van der Waals surface area contributed by atoms with Gasteiger partial charge in [-0.2, -0.15) is 0 Å². The first-order valence-electron chi connectivity index (χ1n) is 8.64. The smallest absolute Gasteiger partial charge is 0.255 e. The number of hydrogen-bond acceptors (Lipinski definition) is 3. The summed E-state index contributed by atoms with van der Waals surface area (Å²) in [5.74, 6) is 0.635. The van der Waals surface area contributed by atoms with E-state index in [0.29, 0.717) is 11.3 Å². The summed E-state index contributed by atoms with van der Waals surface area (Å²) in [5.41, 5.74) is 5.04. The molecule has 1 heterocycles. The molecule has 1 aromatic heterocycles. The number of nitrogens with zero attached hydrogens (tertiary/aromatic N) is 2. The van der Waals surface area contributed by atoms with Crippen LogP contribution in [0.5, 0.6) is 5.75 Å². The first-order chi connectivity index (χ1) is 13.2. The average Bonchev–Trinajstić information content (AvgIpc) is 3.11. The second-order valence-corrected chi connectivity index (χ2v) is 6.31. The predicted octanol–water partition coefficient (Wildman–Crippen LogP) is 4.59. The molecule has 0 fully saturated rings. The van der Waals surface area contributed by atoms with Crippen LogP contribution >= 0.6 is 0 Å². The van der Waals surface area contributed by atoms with Crippen molar-refractivity contribution < 1.29 is 9.53 Å². The van der Waals surface area contributed by atoms with E-state index < -0.39 is 0 Å². The highest BCUT2D eigenvalue weighted by Gasteiger charge is 2.11. The molecule has 0 unspecified atom stereocenters. The van der Waals surface area contributed by atoms with Gasteiger partial charge in [0, 0.05) is 11.3 Å². The summed E-state index contributed by atoms with van der Waals surface area (Å²) in [4.78, 5) is 16.9. The molecule has 0 atom stereocenters. The molecule has 0 aliphatic heterocycles. The molecule has 4 rings (SSSR count). The molecule has 1 N–H and O–H groups in total.